The zero-order valence-electron chi connectivity index (χ0n) is 19.9. The number of hydrogen-bond donors (Lipinski definition) is 1. The van der Waals surface area contributed by atoms with Crippen LogP contribution in [0.15, 0.2) is 83.4 Å². The minimum atomic E-state index is -0.260. The molecule has 0 amide bonds. The van der Waals surface area contributed by atoms with Gasteiger partial charge < -0.3 is 19.4 Å². The van der Waals surface area contributed by atoms with Gasteiger partial charge in [0.25, 0.3) is 0 Å². The number of halogens is 2. The van der Waals surface area contributed by atoms with Gasteiger partial charge in [-0.2, -0.15) is 0 Å². The van der Waals surface area contributed by atoms with E-state index in [0.717, 1.165) is 41.3 Å². The summed E-state index contributed by atoms with van der Waals surface area (Å²) in [5.41, 5.74) is 2.60. The Bertz CT molecular complexity index is 1400. The lowest BCUT2D eigenvalue weighted by Gasteiger charge is -2.26. The van der Waals surface area contributed by atoms with Gasteiger partial charge in [-0.15, -0.1) is 0 Å². The van der Waals surface area contributed by atoms with Crippen LogP contribution in [0.4, 0.5) is 5.69 Å². The van der Waals surface area contributed by atoms with Gasteiger partial charge in [0.15, 0.2) is 5.11 Å². The van der Waals surface area contributed by atoms with Crippen molar-refractivity contribution in [3.05, 3.63) is 100 Å². The number of pyridine rings is 1. The van der Waals surface area contributed by atoms with E-state index in [0.29, 0.717) is 27.0 Å². The first kappa shape index (κ1) is 24.3. The molecule has 37 heavy (non-hydrogen) atoms. The highest BCUT2D eigenvalue weighted by Gasteiger charge is 2.42. The zero-order valence-corrected chi connectivity index (χ0v) is 22.3. The summed E-state index contributed by atoms with van der Waals surface area (Å²) in [4.78, 5) is 6.70. The topological polar surface area (TPSA) is 50.5 Å². The van der Waals surface area contributed by atoms with E-state index >= 15 is 0 Å². The molecule has 6 rings (SSSR count). The normalized spacial score (nSPS) is 19.8. The highest BCUT2D eigenvalue weighted by atomic mass is 35.5. The second-order valence-electron chi connectivity index (χ2n) is 9.34. The van der Waals surface area contributed by atoms with Gasteiger partial charge in [0.1, 0.15) is 23.3 Å². The lowest BCUT2D eigenvalue weighted by molar-refractivity contribution is 0.210. The zero-order chi connectivity index (χ0) is 25.4. The number of aromatic nitrogens is 1. The van der Waals surface area contributed by atoms with Crippen molar-refractivity contribution in [2.45, 2.75) is 43.9 Å². The summed E-state index contributed by atoms with van der Waals surface area (Å²) in [6.07, 6.45) is 6.81. The Morgan fingerprint density at radius 2 is 1.78 bits per heavy atom. The summed E-state index contributed by atoms with van der Waals surface area (Å²) in [5, 5.41) is 5.18. The van der Waals surface area contributed by atoms with Crippen LogP contribution in [0.3, 0.4) is 0 Å². The number of benzene rings is 2. The molecular formula is C29H25Cl2N3O2S. The molecular weight excluding hydrogens is 525 g/mol. The monoisotopic (exact) mass is 549 g/mol. The summed E-state index contributed by atoms with van der Waals surface area (Å²) in [6, 6.07) is 22.8. The summed E-state index contributed by atoms with van der Waals surface area (Å²) >= 11 is 18.4. The molecule has 0 radical (unpaired) electrons. The number of ether oxygens (including phenoxy) is 1. The van der Waals surface area contributed by atoms with Gasteiger partial charge in [0.2, 0.25) is 0 Å². The highest BCUT2D eigenvalue weighted by Crippen LogP contribution is 2.44. The quantitative estimate of drug-likeness (QED) is 0.245. The van der Waals surface area contributed by atoms with Gasteiger partial charge in [-0.25, -0.2) is 0 Å². The summed E-state index contributed by atoms with van der Waals surface area (Å²) < 4.78 is 12.6. The highest BCUT2D eigenvalue weighted by molar-refractivity contribution is 7.80. The maximum atomic E-state index is 6.47. The van der Waals surface area contributed by atoms with E-state index in [1.807, 2.05) is 60.7 Å². The van der Waals surface area contributed by atoms with Crippen LogP contribution < -0.4 is 15.0 Å². The van der Waals surface area contributed by atoms with Crippen LogP contribution in [0.25, 0.3) is 11.3 Å². The van der Waals surface area contributed by atoms with Crippen LogP contribution in [0.2, 0.25) is 10.0 Å². The van der Waals surface area contributed by atoms with Crippen LogP contribution in [0.5, 0.6) is 5.75 Å². The van der Waals surface area contributed by atoms with E-state index < -0.39 is 0 Å². The molecule has 1 saturated heterocycles. The molecule has 1 saturated carbocycles. The SMILES string of the molecule is S=C1N[C@H](c2ccccn2)[C@@H](c2ccc(-c3ccc(Cl)cc3Cl)o2)N1c1ccc(OC2CCCC2)cc1. The Kier molecular flexibility index (Phi) is 6.80. The third-order valence-electron chi connectivity index (χ3n) is 6.93. The number of thiocarbonyl (C=S) groups is 1. The number of rotatable bonds is 6. The molecule has 1 aliphatic heterocycles. The number of anilines is 1. The smallest absolute Gasteiger partial charge is 0.174 e. The van der Waals surface area contributed by atoms with Crippen molar-refractivity contribution in [1.29, 1.82) is 0 Å². The molecule has 2 atom stereocenters. The third-order valence-corrected chi connectivity index (χ3v) is 7.80. The molecule has 2 aliphatic rings. The maximum absolute atomic E-state index is 6.47. The Morgan fingerprint density at radius 1 is 0.973 bits per heavy atom. The molecule has 3 heterocycles. The fourth-order valence-corrected chi connectivity index (χ4v) is 6.00. The fraction of sp³-hybridized carbons (Fsp3) is 0.241. The van der Waals surface area contributed by atoms with Crippen LogP contribution >= 0.6 is 35.4 Å². The molecule has 2 aromatic carbocycles. The van der Waals surface area contributed by atoms with E-state index in [1.165, 1.54) is 12.8 Å². The van der Waals surface area contributed by atoms with E-state index in [1.54, 1.807) is 18.3 Å². The molecule has 188 valence electrons. The molecule has 5 nitrogen and oxygen atoms in total. The van der Waals surface area contributed by atoms with E-state index in [4.69, 9.17) is 44.6 Å². The molecule has 4 aromatic rings. The van der Waals surface area contributed by atoms with Gasteiger partial charge in [0.05, 0.1) is 22.9 Å². The Morgan fingerprint density at radius 3 is 2.51 bits per heavy atom. The lowest BCUT2D eigenvalue weighted by Crippen LogP contribution is -2.29. The molecule has 0 unspecified atom stereocenters. The molecule has 2 aromatic heterocycles. The van der Waals surface area contributed by atoms with Crippen molar-refractivity contribution >= 4 is 46.2 Å². The first-order valence-corrected chi connectivity index (χ1v) is 13.6. The van der Waals surface area contributed by atoms with Crippen LogP contribution in [0.1, 0.15) is 49.2 Å². The molecule has 0 bridgehead atoms. The van der Waals surface area contributed by atoms with Crippen molar-refractivity contribution in [2.24, 2.45) is 0 Å². The summed E-state index contributed by atoms with van der Waals surface area (Å²) in [6.45, 7) is 0. The molecule has 8 heteroatoms. The van der Waals surface area contributed by atoms with Gasteiger partial charge >= 0.3 is 0 Å². The Balaban J connectivity index is 1.36. The third kappa shape index (κ3) is 4.93. The maximum Gasteiger partial charge on any atom is 0.174 e. The van der Waals surface area contributed by atoms with Gasteiger partial charge in [-0.05, 0) is 105 Å². The van der Waals surface area contributed by atoms with Crippen LogP contribution in [0, 0.1) is 0 Å². The summed E-state index contributed by atoms with van der Waals surface area (Å²) in [5.74, 6) is 2.29. The Labute approximate surface area is 231 Å². The largest absolute Gasteiger partial charge is 0.490 e. The number of hydrogen-bond acceptors (Lipinski definition) is 4. The first-order chi connectivity index (χ1) is 18.1. The predicted molar refractivity (Wildman–Crippen MR) is 151 cm³/mol. The molecule has 2 fully saturated rings. The van der Waals surface area contributed by atoms with Crippen molar-refractivity contribution in [2.75, 3.05) is 4.90 Å². The predicted octanol–water partition coefficient (Wildman–Crippen LogP) is 8.15. The lowest BCUT2D eigenvalue weighted by atomic mass is 10.0. The van der Waals surface area contributed by atoms with Crippen molar-refractivity contribution in [3.8, 4) is 17.1 Å². The van der Waals surface area contributed by atoms with E-state index in [9.17, 15) is 0 Å². The minimum Gasteiger partial charge on any atom is -0.490 e. The second-order valence-corrected chi connectivity index (χ2v) is 10.6. The van der Waals surface area contributed by atoms with Crippen molar-refractivity contribution < 1.29 is 9.15 Å². The first-order valence-electron chi connectivity index (χ1n) is 12.4. The van der Waals surface area contributed by atoms with Crippen molar-refractivity contribution in [3.63, 3.8) is 0 Å². The average Bonchev–Trinajstić information content (AvgIpc) is 3.66. The summed E-state index contributed by atoms with van der Waals surface area (Å²) in [7, 11) is 0. The van der Waals surface area contributed by atoms with Gasteiger partial charge in [-0.3, -0.25) is 4.98 Å². The van der Waals surface area contributed by atoms with E-state index in [2.05, 4.69) is 15.2 Å². The number of furan rings is 1. The minimum absolute atomic E-state index is 0.206. The van der Waals surface area contributed by atoms with Gasteiger partial charge in [0, 0.05) is 22.5 Å². The van der Waals surface area contributed by atoms with Gasteiger partial charge in [-0.1, -0.05) is 29.3 Å². The van der Waals surface area contributed by atoms with Crippen molar-refractivity contribution in [1.82, 2.24) is 10.3 Å². The molecule has 0 spiro atoms. The standard InChI is InChI=1S/C29H25Cl2N3O2S/c30-18-8-13-22(23(31)17-18)25-14-15-26(36-25)28-27(24-7-3-4-16-32-24)33-29(37)34(28)19-9-11-21(12-10-19)35-20-5-1-2-6-20/h3-4,7-17,20,27-28H,1-2,5-6H2,(H,33,37)/t27-,28-/m1/s1. The number of nitrogens with one attached hydrogen (secondary N) is 1. The second kappa shape index (κ2) is 10.4. The van der Waals surface area contributed by atoms with E-state index in [-0.39, 0.29) is 12.1 Å². The Hall–Kier alpha value is -3.06. The van der Waals surface area contributed by atoms with Crippen LogP contribution in [-0.4, -0.2) is 16.2 Å². The molecule has 1 aliphatic carbocycles. The molecule has 1 N–H and O–H groups in total. The average molecular weight is 551 g/mol. The fourth-order valence-electron chi connectivity index (χ4n) is 5.15. The number of nitrogens with zero attached hydrogens (tertiary/aromatic N) is 2. The van der Waals surface area contributed by atoms with Crippen LogP contribution in [-0.2, 0) is 0 Å².